The van der Waals surface area contributed by atoms with Crippen LogP contribution in [0.25, 0.3) is 10.9 Å². The summed E-state index contributed by atoms with van der Waals surface area (Å²) in [5.41, 5.74) is 8.10. The molecular weight excluding hydrogens is 188 g/mol. The molecule has 0 unspecified atom stereocenters. The number of aromatic nitrogens is 1. The molecule has 0 saturated heterocycles. The molecule has 0 atom stereocenters. The molecule has 15 heavy (non-hydrogen) atoms. The van der Waals surface area contributed by atoms with Crippen LogP contribution in [0.2, 0.25) is 0 Å². The minimum absolute atomic E-state index is 0.227. The molecule has 0 spiro atoms. The fraction of sp³-hybridized carbons (Fsp3) is 0.333. The van der Waals surface area contributed by atoms with E-state index in [0.717, 1.165) is 11.1 Å². The van der Waals surface area contributed by atoms with Gasteiger partial charge in [-0.25, -0.2) is 0 Å². The predicted octanol–water partition coefficient (Wildman–Crippen LogP) is 1.48. The third kappa shape index (κ3) is 1.28. The van der Waals surface area contributed by atoms with Crippen LogP contribution >= 0.6 is 0 Å². The first-order chi connectivity index (χ1) is 7.17. The molecule has 0 bridgehead atoms. The highest BCUT2D eigenvalue weighted by Gasteiger charge is 2.41. The van der Waals surface area contributed by atoms with Gasteiger partial charge in [0, 0.05) is 17.3 Å². The molecule has 0 amide bonds. The van der Waals surface area contributed by atoms with Gasteiger partial charge in [0.2, 0.25) is 0 Å². The molecule has 4 N–H and O–H groups in total. The highest BCUT2D eigenvalue weighted by Crippen LogP contribution is 2.39. The maximum Gasteiger partial charge on any atom is 0.0582 e. The minimum atomic E-state index is -0.321. The first-order valence-corrected chi connectivity index (χ1v) is 5.22. The molecule has 3 rings (SSSR count). The van der Waals surface area contributed by atoms with E-state index in [9.17, 15) is 5.11 Å². The summed E-state index contributed by atoms with van der Waals surface area (Å²) in [6, 6.07) is 8.25. The summed E-state index contributed by atoms with van der Waals surface area (Å²) in [5.74, 6) is 0. The van der Waals surface area contributed by atoms with E-state index in [1.54, 1.807) is 0 Å². The predicted molar refractivity (Wildman–Crippen MR) is 59.4 cm³/mol. The van der Waals surface area contributed by atoms with Crippen molar-refractivity contribution in [2.75, 3.05) is 0 Å². The third-order valence-corrected chi connectivity index (χ3v) is 3.33. The molecule has 2 aromatic rings. The average Bonchev–Trinajstić information content (AvgIpc) is 2.61. The molecular formula is C12H14N2O. The van der Waals surface area contributed by atoms with Crippen LogP contribution in [-0.4, -0.2) is 16.2 Å². The van der Waals surface area contributed by atoms with Crippen LogP contribution in [0.15, 0.2) is 30.5 Å². The van der Waals surface area contributed by atoms with E-state index in [2.05, 4.69) is 23.2 Å². The van der Waals surface area contributed by atoms with Gasteiger partial charge in [0.05, 0.1) is 6.10 Å². The van der Waals surface area contributed by atoms with Gasteiger partial charge in [-0.15, -0.1) is 0 Å². The molecule has 1 heterocycles. The van der Waals surface area contributed by atoms with Crippen LogP contribution in [0.5, 0.6) is 0 Å². The van der Waals surface area contributed by atoms with Crippen LogP contribution in [-0.2, 0) is 5.54 Å². The number of aliphatic hydroxyl groups excluding tert-OH is 1. The van der Waals surface area contributed by atoms with Gasteiger partial charge in [0.1, 0.15) is 0 Å². The Morgan fingerprint density at radius 1 is 1.33 bits per heavy atom. The van der Waals surface area contributed by atoms with E-state index >= 15 is 0 Å². The van der Waals surface area contributed by atoms with Crippen LogP contribution < -0.4 is 5.73 Å². The number of aromatic amines is 1. The standard InChI is InChI=1S/C12H14N2O/c13-12(6-10(15)7-12)9-2-1-8-3-4-14-11(8)5-9/h1-5,10,14-15H,6-7,13H2. The zero-order chi connectivity index (χ0) is 10.5. The summed E-state index contributed by atoms with van der Waals surface area (Å²) >= 11 is 0. The lowest BCUT2D eigenvalue weighted by Gasteiger charge is -2.42. The molecule has 1 aromatic heterocycles. The summed E-state index contributed by atoms with van der Waals surface area (Å²) in [6.45, 7) is 0. The Morgan fingerprint density at radius 2 is 2.13 bits per heavy atom. The van der Waals surface area contributed by atoms with Crippen molar-refractivity contribution < 1.29 is 5.11 Å². The van der Waals surface area contributed by atoms with Crippen molar-refractivity contribution in [1.82, 2.24) is 4.98 Å². The zero-order valence-electron chi connectivity index (χ0n) is 8.40. The average molecular weight is 202 g/mol. The Hall–Kier alpha value is -1.32. The van der Waals surface area contributed by atoms with Crippen molar-refractivity contribution in [1.29, 1.82) is 0 Å². The summed E-state index contributed by atoms with van der Waals surface area (Å²) in [4.78, 5) is 3.17. The number of nitrogens with one attached hydrogen (secondary N) is 1. The number of hydrogen-bond acceptors (Lipinski definition) is 2. The Balaban J connectivity index is 2.04. The molecule has 3 heteroatoms. The van der Waals surface area contributed by atoms with Crippen LogP contribution in [0, 0.1) is 0 Å². The van der Waals surface area contributed by atoms with Gasteiger partial charge >= 0.3 is 0 Å². The highest BCUT2D eigenvalue weighted by molar-refractivity contribution is 5.80. The van der Waals surface area contributed by atoms with E-state index in [0.29, 0.717) is 12.8 Å². The summed E-state index contributed by atoms with van der Waals surface area (Å²) in [7, 11) is 0. The minimum Gasteiger partial charge on any atom is -0.393 e. The fourth-order valence-electron chi connectivity index (χ4n) is 2.37. The van der Waals surface area contributed by atoms with Crippen molar-refractivity contribution in [3.63, 3.8) is 0 Å². The van der Waals surface area contributed by atoms with E-state index in [1.807, 2.05) is 12.3 Å². The number of H-pyrrole nitrogens is 1. The molecule has 1 aromatic carbocycles. The Bertz CT molecular complexity index is 497. The third-order valence-electron chi connectivity index (χ3n) is 3.33. The van der Waals surface area contributed by atoms with E-state index in [-0.39, 0.29) is 11.6 Å². The first-order valence-electron chi connectivity index (χ1n) is 5.22. The molecule has 0 aliphatic heterocycles. The second-order valence-electron chi connectivity index (χ2n) is 4.50. The number of aliphatic hydroxyl groups is 1. The normalized spacial score (nSPS) is 30.4. The Labute approximate surface area is 87.9 Å². The molecule has 1 aliphatic carbocycles. The monoisotopic (exact) mass is 202 g/mol. The van der Waals surface area contributed by atoms with Gasteiger partial charge < -0.3 is 15.8 Å². The maximum absolute atomic E-state index is 9.33. The van der Waals surface area contributed by atoms with Crippen LogP contribution in [0.4, 0.5) is 0 Å². The zero-order valence-corrected chi connectivity index (χ0v) is 8.40. The molecule has 0 radical (unpaired) electrons. The van der Waals surface area contributed by atoms with Gasteiger partial charge in [0.15, 0.2) is 0 Å². The smallest absolute Gasteiger partial charge is 0.0582 e. The summed E-state index contributed by atoms with van der Waals surface area (Å²) in [6.07, 6.45) is 3.03. The van der Waals surface area contributed by atoms with Crippen molar-refractivity contribution in [2.24, 2.45) is 5.73 Å². The second kappa shape index (κ2) is 2.84. The SMILES string of the molecule is NC1(c2ccc3cc[nH]c3c2)CC(O)C1. The Kier molecular flexibility index (Phi) is 1.69. The van der Waals surface area contributed by atoms with Gasteiger partial charge in [-0.3, -0.25) is 0 Å². The number of hydrogen-bond donors (Lipinski definition) is 3. The van der Waals surface area contributed by atoms with Gasteiger partial charge in [0.25, 0.3) is 0 Å². The van der Waals surface area contributed by atoms with E-state index in [1.165, 1.54) is 5.39 Å². The lowest BCUT2D eigenvalue weighted by Crippen LogP contribution is -2.51. The van der Waals surface area contributed by atoms with Crippen molar-refractivity contribution in [2.45, 2.75) is 24.5 Å². The second-order valence-corrected chi connectivity index (χ2v) is 4.50. The van der Waals surface area contributed by atoms with E-state index in [4.69, 9.17) is 5.73 Å². The Morgan fingerprint density at radius 3 is 2.87 bits per heavy atom. The molecule has 78 valence electrons. The molecule has 1 fully saturated rings. The summed E-state index contributed by atoms with van der Waals surface area (Å²) < 4.78 is 0. The van der Waals surface area contributed by atoms with Crippen molar-refractivity contribution in [3.8, 4) is 0 Å². The number of rotatable bonds is 1. The van der Waals surface area contributed by atoms with Gasteiger partial charge in [-0.1, -0.05) is 12.1 Å². The van der Waals surface area contributed by atoms with Gasteiger partial charge in [-0.2, -0.15) is 0 Å². The van der Waals surface area contributed by atoms with Crippen LogP contribution in [0.3, 0.4) is 0 Å². The fourth-order valence-corrected chi connectivity index (χ4v) is 2.37. The summed E-state index contributed by atoms with van der Waals surface area (Å²) in [5, 5.41) is 10.5. The number of nitrogens with two attached hydrogens (primary N) is 1. The van der Waals surface area contributed by atoms with Crippen molar-refractivity contribution in [3.05, 3.63) is 36.0 Å². The van der Waals surface area contributed by atoms with Gasteiger partial charge in [-0.05, 0) is 35.9 Å². The van der Waals surface area contributed by atoms with Crippen molar-refractivity contribution >= 4 is 10.9 Å². The number of fused-ring (bicyclic) bond motifs is 1. The quantitative estimate of drug-likeness (QED) is 0.656. The van der Waals surface area contributed by atoms with E-state index < -0.39 is 0 Å². The van der Waals surface area contributed by atoms with Crippen LogP contribution in [0.1, 0.15) is 18.4 Å². The number of benzene rings is 1. The lowest BCUT2D eigenvalue weighted by atomic mass is 9.70. The topological polar surface area (TPSA) is 62.0 Å². The molecule has 1 saturated carbocycles. The first kappa shape index (κ1) is 8.95. The molecule has 3 nitrogen and oxygen atoms in total. The molecule has 1 aliphatic rings. The maximum atomic E-state index is 9.33. The lowest BCUT2D eigenvalue weighted by molar-refractivity contribution is 0.0210. The largest absolute Gasteiger partial charge is 0.393 e. The highest BCUT2D eigenvalue weighted by atomic mass is 16.3.